The summed E-state index contributed by atoms with van der Waals surface area (Å²) in [5.41, 5.74) is 0.521. The van der Waals surface area contributed by atoms with E-state index in [1.54, 1.807) is 37.4 Å². The standard InChI is InChI=1S/C23H24Cl2N4O3/c1-13(2)10-19(27-21(30)15-9-8-14(24)11-17(15)25)23(32)29(3)12-20-26-18-7-5-4-6-16(18)22(31)28-20/h4-9,11,13,19H,10,12H2,1-3H3,(H,27,30)(H,26,28,31)/t19-/m1/s1. The zero-order chi connectivity index (χ0) is 23.4. The molecular formula is C23H24Cl2N4O3. The van der Waals surface area contributed by atoms with E-state index in [9.17, 15) is 14.4 Å². The van der Waals surface area contributed by atoms with Gasteiger partial charge in [-0.25, -0.2) is 4.98 Å². The summed E-state index contributed by atoms with van der Waals surface area (Å²) in [5.74, 6) is -0.249. The fourth-order valence-electron chi connectivity index (χ4n) is 3.38. The van der Waals surface area contributed by atoms with Gasteiger partial charge in [0.25, 0.3) is 11.5 Å². The number of rotatable bonds is 7. The number of fused-ring (bicyclic) bond motifs is 1. The van der Waals surface area contributed by atoms with Crippen LogP contribution in [0.3, 0.4) is 0 Å². The minimum Gasteiger partial charge on any atom is -0.340 e. The quantitative estimate of drug-likeness (QED) is 0.540. The van der Waals surface area contributed by atoms with E-state index in [0.717, 1.165) is 0 Å². The van der Waals surface area contributed by atoms with E-state index in [4.69, 9.17) is 23.2 Å². The summed E-state index contributed by atoms with van der Waals surface area (Å²) in [6.07, 6.45) is 0.432. The number of aromatic nitrogens is 2. The predicted molar refractivity (Wildman–Crippen MR) is 126 cm³/mol. The van der Waals surface area contributed by atoms with Gasteiger partial charge in [-0.15, -0.1) is 0 Å². The molecule has 9 heteroatoms. The highest BCUT2D eigenvalue weighted by atomic mass is 35.5. The number of hydrogen-bond donors (Lipinski definition) is 2. The van der Waals surface area contributed by atoms with Crippen LogP contribution in [0.1, 0.15) is 36.5 Å². The van der Waals surface area contributed by atoms with E-state index in [1.165, 1.54) is 17.0 Å². The van der Waals surface area contributed by atoms with Gasteiger partial charge in [-0.2, -0.15) is 0 Å². The van der Waals surface area contributed by atoms with Gasteiger partial charge in [0.1, 0.15) is 11.9 Å². The van der Waals surface area contributed by atoms with Gasteiger partial charge >= 0.3 is 0 Å². The summed E-state index contributed by atoms with van der Waals surface area (Å²) in [7, 11) is 1.60. The number of likely N-dealkylation sites (N-methyl/N-ethyl adjacent to an activating group) is 1. The normalized spacial score (nSPS) is 12.1. The molecule has 0 unspecified atom stereocenters. The Morgan fingerprint density at radius 3 is 2.56 bits per heavy atom. The van der Waals surface area contributed by atoms with Gasteiger partial charge < -0.3 is 15.2 Å². The molecule has 0 spiro atoms. The number of halogens is 2. The number of hydrogen-bond acceptors (Lipinski definition) is 4. The fourth-order valence-corrected chi connectivity index (χ4v) is 3.88. The van der Waals surface area contributed by atoms with Gasteiger partial charge in [0, 0.05) is 12.1 Å². The number of benzene rings is 2. The number of aromatic amines is 1. The van der Waals surface area contributed by atoms with Crippen molar-refractivity contribution < 1.29 is 9.59 Å². The predicted octanol–water partition coefficient (Wildman–Crippen LogP) is 4.03. The molecule has 0 aliphatic carbocycles. The second-order valence-corrected chi connectivity index (χ2v) is 8.85. The maximum Gasteiger partial charge on any atom is 0.258 e. The Kier molecular flexibility index (Phi) is 7.53. The lowest BCUT2D eigenvalue weighted by molar-refractivity contribution is -0.133. The second-order valence-electron chi connectivity index (χ2n) is 8.00. The first-order valence-electron chi connectivity index (χ1n) is 10.1. The molecule has 3 rings (SSSR count). The number of carbonyl (C=O) groups is 2. The number of carbonyl (C=O) groups excluding carboxylic acids is 2. The van der Waals surface area contributed by atoms with Crippen LogP contribution in [0.4, 0.5) is 0 Å². The maximum atomic E-state index is 13.2. The number of amides is 2. The lowest BCUT2D eigenvalue weighted by Gasteiger charge is -2.25. The van der Waals surface area contributed by atoms with E-state index in [-0.39, 0.29) is 34.5 Å². The smallest absolute Gasteiger partial charge is 0.258 e. The van der Waals surface area contributed by atoms with Crippen LogP contribution in [0.25, 0.3) is 10.9 Å². The first kappa shape index (κ1) is 23.8. The summed E-state index contributed by atoms with van der Waals surface area (Å²) in [5, 5.41) is 3.88. The molecule has 0 bridgehead atoms. The number of nitrogens with one attached hydrogen (secondary N) is 2. The lowest BCUT2D eigenvalue weighted by Crippen LogP contribution is -2.48. The summed E-state index contributed by atoms with van der Waals surface area (Å²) in [6.45, 7) is 4.01. The van der Waals surface area contributed by atoms with Crippen molar-refractivity contribution in [3.05, 3.63) is 74.3 Å². The van der Waals surface area contributed by atoms with Crippen molar-refractivity contribution in [3.8, 4) is 0 Å². The average molecular weight is 475 g/mol. The van der Waals surface area contributed by atoms with Crippen molar-refractivity contribution in [2.45, 2.75) is 32.9 Å². The highest BCUT2D eigenvalue weighted by molar-refractivity contribution is 6.36. The van der Waals surface area contributed by atoms with Crippen LogP contribution < -0.4 is 10.9 Å². The van der Waals surface area contributed by atoms with Crippen molar-refractivity contribution in [3.63, 3.8) is 0 Å². The van der Waals surface area contributed by atoms with E-state index in [1.807, 2.05) is 13.8 Å². The van der Waals surface area contributed by atoms with Crippen molar-refractivity contribution in [2.24, 2.45) is 5.92 Å². The molecule has 2 N–H and O–H groups in total. The molecule has 0 radical (unpaired) electrons. The van der Waals surface area contributed by atoms with Crippen molar-refractivity contribution >= 4 is 45.9 Å². The molecule has 0 aliphatic heterocycles. The molecule has 1 heterocycles. The van der Waals surface area contributed by atoms with Crippen LogP contribution in [0.15, 0.2) is 47.3 Å². The summed E-state index contributed by atoms with van der Waals surface area (Å²) < 4.78 is 0. The number of nitrogens with zero attached hydrogens (tertiary/aromatic N) is 2. The zero-order valence-corrected chi connectivity index (χ0v) is 19.5. The van der Waals surface area contributed by atoms with Gasteiger partial charge in [-0.05, 0) is 42.7 Å². The lowest BCUT2D eigenvalue weighted by atomic mass is 10.0. The number of para-hydroxylation sites is 1. The molecule has 1 aromatic heterocycles. The summed E-state index contributed by atoms with van der Waals surface area (Å²) >= 11 is 12.0. The molecule has 2 aromatic carbocycles. The van der Waals surface area contributed by atoms with Crippen molar-refractivity contribution in [1.29, 1.82) is 0 Å². The molecule has 0 fully saturated rings. The van der Waals surface area contributed by atoms with Gasteiger partial charge in [0.2, 0.25) is 5.91 Å². The minimum atomic E-state index is -0.772. The first-order valence-corrected chi connectivity index (χ1v) is 10.9. The van der Waals surface area contributed by atoms with Gasteiger partial charge in [0.15, 0.2) is 0 Å². The van der Waals surface area contributed by atoms with E-state index in [0.29, 0.717) is 28.2 Å². The minimum absolute atomic E-state index is 0.0884. The maximum absolute atomic E-state index is 13.2. The SMILES string of the molecule is CC(C)C[C@@H](NC(=O)c1ccc(Cl)cc1Cl)C(=O)N(C)Cc1nc2ccccc2c(=O)[nH]1. The van der Waals surface area contributed by atoms with Crippen LogP contribution in [-0.4, -0.2) is 39.8 Å². The molecule has 1 atom stereocenters. The summed E-state index contributed by atoms with van der Waals surface area (Å²) in [6, 6.07) is 10.8. The fraction of sp³-hybridized carbons (Fsp3) is 0.304. The van der Waals surface area contributed by atoms with Gasteiger partial charge in [-0.1, -0.05) is 49.2 Å². The Morgan fingerprint density at radius 1 is 1.16 bits per heavy atom. The van der Waals surface area contributed by atoms with Crippen molar-refractivity contribution in [1.82, 2.24) is 20.2 Å². The van der Waals surface area contributed by atoms with Crippen LogP contribution in [-0.2, 0) is 11.3 Å². The van der Waals surface area contributed by atoms with E-state index in [2.05, 4.69) is 15.3 Å². The highest BCUT2D eigenvalue weighted by Gasteiger charge is 2.26. The highest BCUT2D eigenvalue weighted by Crippen LogP contribution is 2.21. The number of H-pyrrole nitrogens is 1. The molecule has 0 saturated heterocycles. The molecule has 168 valence electrons. The zero-order valence-electron chi connectivity index (χ0n) is 18.0. The van der Waals surface area contributed by atoms with Gasteiger partial charge in [0.05, 0.1) is 28.0 Å². The van der Waals surface area contributed by atoms with E-state index >= 15 is 0 Å². The third-order valence-electron chi connectivity index (χ3n) is 4.91. The van der Waals surface area contributed by atoms with Crippen LogP contribution >= 0.6 is 23.2 Å². The largest absolute Gasteiger partial charge is 0.340 e. The third-order valence-corrected chi connectivity index (χ3v) is 5.46. The topological polar surface area (TPSA) is 95.2 Å². The molecule has 2 amide bonds. The van der Waals surface area contributed by atoms with Gasteiger partial charge in [-0.3, -0.25) is 14.4 Å². The molecule has 0 saturated carbocycles. The van der Waals surface area contributed by atoms with Crippen LogP contribution in [0.2, 0.25) is 10.0 Å². The molecular weight excluding hydrogens is 451 g/mol. The van der Waals surface area contributed by atoms with Crippen LogP contribution in [0, 0.1) is 5.92 Å². The third kappa shape index (κ3) is 5.66. The van der Waals surface area contributed by atoms with Crippen LogP contribution in [0.5, 0.6) is 0 Å². The Morgan fingerprint density at radius 2 is 1.88 bits per heavy atom. The Balaban J connectivity index is 1.79. The molecule has 0 aliphatic rings. The Hall–Kier alpha value is -2.90. The second kappa shape index (κ2) is 10.1. The average Bonchev–Trinajstić information content (AvgIpc) is 2.72. The van der Waals surface area contributed by atoms with E-state index < -0.39 is 11.9 Å². The molecule has 32 heavy (non-hydrogen) atoms. The Bertz CT molecular complexity index is 1210. The Labute approximate surface area is 195 Å². The first-order chi connectivity index (χ1) is 15.2. The molecule has 7 nitrogen and oxygen atoms in total. The van der Waals surface area contributed by atoms with Crippen molar-refractivity contribution in [2.75, 3.05) is 7.05 Å². The molecule has 3 aromatic rings. The monoisotopic (exact) mass is 474 g/mol. The summed E-state index contributed by atoms with van der Waals surface area (Å²) in [4.78, 5) is 46.9.